The van der Waals surface area contributed by atoms with Crippen molar-refractivity contribution >= 4 is 27.6 Å². The molecule has 0 spiro atoms. The Morgan fingerprint density at radius 3 is 2.13 bits per heavy atom. The molecule has 3 rings (SSSR count). The van der Waals surface area contributed by atoms with Gasteiger partial charge in [-0.1, -0.05) is 24.3 Å². The van der Waals surface area contributed by atoms with Crippen LogP contribution in [0.4, 0.5) is 13.2 Å². The Balaban J connectivity index is 1.59. The number of hydrogen-bond acceptors (Lipinski definition) is 6. The zero-order valence-electron chi connectivity index (χ0n) is 15.9. The van der Waals surface area contributed by atoms with E-state index in [0.29, 0.717) is 0 Å². The largest absolute Gasteiger partial charge is 0.405 e. The molecule has 0 radical (unpaired) electrons. The smallest absolute Gasteiger partial charge is 0.352 e. The van der Waals surface area contributed by atoms with Crippen LogP contribution in [0, 0.1) is 0 Å². The van der Waals surface area contributed by atoms with E-state index in [1.54, 1.807) is 18.2 Å². The summed E-state index contributed by atoms with van der Waals surface area (Å²) < 4.78 is 62.9. The van der Waals surface area contributed by atoms with Gasteiger partial charge in [-0.2, -0.15) is 21.6 Å². The summed E-state index contributed by atoms with van der Waals surface area (Å²) in [4.78, 5) is 37.5. The fourth-order valence-electron chi connectivity index (χ4n) is 3.04. The molecule has 0 atom stereocenters. The summed E-state index contributed by atoms with van der Waals surface area (Å²) in [6, 6.07) is 10.4. The predicted molar refractivity (Wildman–Crippen MR) is 102 cm³/mol. The maximum Gasteiger partial charge on any atom is 0.405 e. The van der Waals surface area contributed by atoms with Crippen LogP contribution >= 0.6 is 0 Å². The topological polar surface area (TPSA) is 107 Å². The molecular weight excluding hydrogens is 439 g/mol. The Bertz CT molecular complexity index is 1160. The molecule has 0 saturated heterocycles. The molecule has 164 valence electrons. The number of hydrogen-bond donors (Lipinski definition) is 1. The van der Waals surface area contributed by atoms with Crippen molar-refractivity contribution in [2.45, 2.75) is 12.6 Å². The summed E-state index contributed by atoms with van der Waals surface area (Å²) in [7, 11) is -4.75. The SMILES string of the molecule is O=C(NCCCOS(=O)(=O)CC(F)(F)F)c1ccc2c(c1)C(=O)c1ccccc1C2=O. The highest BCUT2D eigenvalue weighted by molar-refractivity contribution is 7.86. The van der Waals surface area contributed by atoms with Gasteiger partial charge in [0.15, 0.2) is 17.3 Å². The van der Waals surface area contributed by atoms with Gasteiger partial charge in [0.2, 0.25) is 0 Å². The van der Waals surface area contributed by atoms with Crippen molar-refractivity contribution < 1.29 is 40.2 Å². The molecule has 0 saturated carbocycles. The molecule has 0 bridgehead atoms. The van der Waals surface area contributed by atoms with Crippen molar-refractivity contribution in [1.29, 1.82) is 0 Å². The van der Waals surface area contributed by atoms with Crippen LogP contribution in [-0.4, -0.2) is 51.0 Å². The van der Waals surface area contributed by atoms with Gasteiger partial charge in [0.1, 0.15) is 0 Å². The van der Waals surface area contributed by atoms with Crippen LogP contribution in [0.25, 0.3) is 0 Å². The highest BCUT2D eigenvalue weighted by atomic mass is 32.2. The van der Waals surface area contributed by atoms with Gasteiger partial charge in [-0.15, -0.1) is 0 Å². The van der Waals surface area contributed by atoms with E-state index in [0.717, 1.165) is 0 Å². The molecule has 2 aromatic carbocycles. The number of benzene rings is 2. The monoisotopic (exact) mass is 455 g/mol. The van der Waals surface area contributed by atoms with Gasteiger partial charge in [-0.3, -0.25) is 18.6 Å². The first kappa shape index (κ1) is 22.6. The number of carbonyl (C=O) groups is 3. The second-order valence-corrected chi connectivity index (χ2v) is 8.35. The van der Waals surface area contributed by atoms with Crippen LogP contribution in [-0.2, 0) is 14.3 Å². The Hall–Kier alpha value is -3.05. The quantitative estimate of drug-likeness (QED) is 0.433. The summed E-state index contributed by atoms with van der Waals surface area (Å²) in [5, 5.41) is 2.45. The number of ketones is 2. The molecule has 0 aromatic heterocycles. The van der Waals surface area contributed by atoms with Crippen LogP contribution in [0.2, 0.25) is 0 Å². The molecule has 2 aromatic rings. The highest BCUT2D eigenvalue weighted by Crippen LogP contribution is 2.27. The maximum atomic E-state index is 12.7. The van der Waals surface area contributed by atoms with Gasteiger partial charge in [0.05, 0.1) is 6.61 Å². The summed E-state index contributed by atoms with van der Waals surface area (Å²) in [5.74, 6) is -3.39. The first-order valence-corrected chi connectivity index (χ1v) is 10.6. The molecule has 31 heavy (non-hydrogen) atoms. The van der Waals surface area contributed by atoms with E-state index >= 15 is 0 Å². The number of fused-ring (bicyclic) bond motifs is 2. The average molecular weight is 455 g/mol. The van der Waals surface area contributed by atoms with E-state index in [1.807, 2.05) is 0 Å². The van der Waals surface area contributed by atoms with Crippen LogP contribution in [0.15, 0.2) is 42.5 Å². The lowest BCUT2D eigenvalue weighted by Gasteiger charge is -2.18. The first-order chi connectivity index (χ1) is 14.5. The highest BCUT2D eigenvalue weighted by Gasteiger charge is 2.35. The number of halogens is 3. The number of carbonyl (C=O) groups excluding carboxylic acids is 3. The van der Waals surface area contributed by atoms with Crippen molar-refractivity contribution in [1.82, 2.24) is 5.32 Å². The number of alkyl halides is 3. The van der Waals surface area contributed by atoms with Crippen molar-refractivity contribution in [3.05, 3.63) is 70.3 Å². The van der Waals surface area contributed by atoms with E-state index in [1.165, 1.54) is 24.3 Å². The first-order valence-electron chi connectivity index (χ1n) is 9.03. The molecule has 0 heterocycles. The Morgan fingerprint density at radius 2 is 1.52 bits per heavy atom. The summed E-state index contributed by atoms with van der Waals surface area (Å²) >= 11 is 0. The molecular formula is C20H16F3NO6S. The van der Waals surface area contributed by atoms with Gasteiger partial charge in [-0.25, -0.2) is 0 Å². The van der Waals surface area contributed by atoms with Gasteiger partial charge < -0.3 is 5.32 Å². The van der Waals surface area contributed by atoms with Crippen molar-refractivity contribution in [3.8, 4) is 0 Å². The van der Waals surface area contributed by atoms with Crippen LogP contribution in [0.5, 0.6) is 0 Å². The van der Waals surface area contributed by atoms with Crippen molar-refractivity contribution in [2.24, 2.45) is 0 Å². The molecule has 1 N–H and O–H groups in total. The van der Waals surface area contributed by atoms with E-state index in [-0.39, 0.29) is 52.3 Å². The summed E-state index contributed by atoms with van der Waals surface area (Å²) in [6.07, 6.45) is -4.96. The molecule has 1 amide bonds. The van der Waals surface area contributed by atoms with E-state index in [9.17, 15) is 36.0 Å². The molecule has 0 unspecified atom stereocenters. The minimum absolute atomic E-state index is 0.0570. The number of nitrogens with one attached hydrogen (secondary N) is 1. The fourth-order valence-corrected chi connectivity index (χ4v) is 3.90. The van der Waals surface area contributed by atoms with E-state index in [2.05, 4.69) is 9.50 Å². The van der Waals surface area contributed by atoms with Crippen molar-refractivity contribution in [3.63, 3.8) is 0 Å². The Labute approximate surface area is 175 Å². The van der Waals surface area contributed by atoms with Crippen molar-refractivity contribution in [2.75, 3.05) is 18.9 Å². The third kappa shape index (κ3) is 5.36. The average Bonchev–Trinajstić information content (AvgIpc) is 2.69. The lowest BCUT2D eigenvalue weighted by molar-refractivity contribution is -0.107. The third-order valence-electron chi connectivity index (χ3n) is 4.40. The summed E-state index contributed by atoms with van der Waals surface area (Å²) in [6.45, 7) is -0.611. The zero-order chi connectivity index (χ0) is 22.8. The van der Waals surface area contributed by atoms with E-state index < -0.39 is 34.6 Å². The second kappa shape index (κ2) is 8.60. The van der Waals surface area contributed by atoms with Gasteiger partial charge in [-0.05, 0) is 24.6 Å². The Kier molecular flexibility index (Phi) is 6.27. The minimum Gasteiger partial charge on any atom is -0.352 e. The number of amides is 1. The lowest BCUT2D eigenvalue weighted by atomic mass is 9.83. The molecule has 0 aliphatic heterocycles. The van der Waals surface area contributed by atoms with Crippen LogP contribution in [0.3, 0.4) is 0 Å². The molecule has 1 aliphatic rings. The standard InChI is InChI=1S/C20H16F3NO6S/c21-20(22,23)11-31(28,29)30-9-3-8-24-19(27)12-6-7-15-16(10-12)18(26)14-5-2-1-4-13(14)17(15)25/h1-2,4-7,10H,3,8-9,11H2,(H,24,27). The van der Waals surface area contributed by atoms with E-state index in [4.69, 9.17) is 0 Å². The molecule has 0 fully saturated rings. The minimum atomic E-state index is -4.90. The fraction of sp³-hybridized carbons (Fsp3) is 0.250. The van der Waals surface area contributed by atoms with Gasteiger partial charge in [0.25, 0.3) is 16.0 Å². The normalized spacial score (nSPS) is 13.5. The van der Waals surface area contributed by atoms with Gasteiger partial charge >= 0.3 is 6.18 Å². The second-order valence-electron chi connectivity index (χ2n) is 6.71. The third-order valence-corrected chi connectivity index (χ3v) is 5.60. The Morgan fingerprint density at radius 1 is 0.935 bits per heavy atom. The molecule has 11 heteroatoms. The maximum absolute atomic E-state index is 12.7. The number of rotatable bonds is 7. The summed E-state index contributed by atoms with van der Waals surface area (Å²) in [5.41, 5.74) is 0.916. The zero-order valence-corrected chi connectivity index (χ0v) is 16.7. The van der Waals surface area contributed by atoms with Crippen LogP contribution in [0.1, 0.15) is 48.6 Å². The van der Waals surface area contributed by atoms with Crippen LogP contribution < -0.4 is 5.32 Å². The predicted octanol–water partition coefficient (Wildman–Crippen LogP) is 2.49. The van der Waals surface area contributed by atoms with Gasteiger partial charge in [0, 0.05) is 34.4 Å². The molecule has 7 nitrogen and oxygen atoms in total. The molecule has 1 aliphatic carbocycles. The lowest BCUT2D eigenvalue weighted by Crippen LogP contribution is -2.28.